The molecule has 0 aromatic heterocycles. The summed E-state index contributed by atoms with van der Waals surface area (Å²) in [4.78, 5) is 50.4. The van der Waals surface area contributed by atoms with E-state index in [1.54, 1.807) is 17.0 Å². The summed E-state index contributed by atoms with van der Waals surface area (Å²) in [6.45, 7) is 0.436. The van der Waals surface area contributed by atoms with E-state index < -0.39 is 24.4 Å². The number of hydrogen-bond acceptors (Lipinski definition) is 5. The molecule has 1 aromatic rings. The average Bonchev–Trinajstić information content (AvgIpc) is 3.20. The van der Waals surface area contributed by atoms with Gasteiger partial charge in [0.25, 0.3) is 5.91 Å². The van der Waals surface area contributed by atoms with E-state index in [9.17, 15) is 19.2 Å². The quantitative estimate of drug-likeness (QED) is 0.723. The van der Waals surface area contributed by atoms with Crippen LogP contribution in [0.3, 0.4) is 0 Å². The van der Waals surface area contributed by atoms with Gasteiger partial charge in [0.1, 0.15) is 0 Å². The van der Waals surface area contributed by atoms with Crippen molar-refractivity contribution in [3.8, 4) is 0 Å². The summed E-state index contributed by atoms with van der Waals surface area (Å²) >= 11 is 6.11. The van der Waals surface area contributed by atoms with Crippen molar-refractivity contribution < 1.29 is 23.9 Å². The van der Waals surface area contributed by atoms with Crippen molar-refractivity contribution in [2.75, 3.05) is 19.7 Å². The monoisotopic (exact) mass is 378 g/mol. The van der Waals surface area contributed by atoms with Crippen LogP contribution in [0.15, 0.2) is 24.3 Å². The lowest BCUT2D eigenvalue weighted by atomic mass is 10.1. The Morgan fingerprint density at radius 2 is 1.96 bits per heavy atom. The number of halogens is 1. The minimum atomic E-state index is -0.618. The van der Waals surface area contributed by atoms with E-state index in [-0.39, 0.29) is 24.8 Å². The molecule has 2 heterocycles. The Bertz CT molecular complexity index is 751. The van der Waals surface area contributed by atoms with Crippen LogP contribution in [0.5, 0.6) is 0 Å². The molecule has 1 atom stereocenters. The van der Waals surface area contributed by atoms with Gasteiger partial charge in [0.15, 0.2) is 6.61 Å². The smallest absolute Gasteiger partial charge is 0.311 e. The Kier molecular flexibility index (Phi) is 5.56. The Morgan fingerprint density at radius 3 is 2.65 bits per heavy atom. The molecule has 2 fully saturated rings. The molecule has 26 heavy (non-hydrogen) atoms. The summed E-state index contributed by atoms with van der Waals surface area (Å²) in [5, 5.41) is 0.562. The maximum absolute atomic E-state index is 12.2. The molecular formula is C18H19ClN2O5. The molecule has 8 heteroatoms. The van der Waals surface area contributed by atoms with Crippen LogP contribution >= 0.6 is 11.6 Å². The second-order valence-electron chi connectivity index (χ2n) is 6.42. The van der Waals surface area contributed by atoms with Crippen LogP contribution < -0.4 is 0 Å². The van der Waals surface area contributed by atoms with Crippen LogP contribution in [0.25, 0.3) is 0 Å². The van der Waals surface area contributed by atoms with Crippen LogP contribution in [-0.2, 0) is 30.5 Å². The van der Waals surface area contributed by atoms with Crippen molar-refractivity contribution in [2.45, 2.75) is 25.8 Å². The molecule has 7 nitrogen and oxygen atoms in total. The van der Waals surface area contributed by atoms with E-state index >= 15 is 0 Å². The highest BCUT2D eigenvalue weighted by Crippen LogP contribution is 2.24. The minimum absolute atomic E-state index is 0.0418. The Hall–Kier alpha value is -2.41. The van der Waals surface area contributed by atoms with Gasteiger partial charge in [-0.15, -0.1) is 0 Å². The van der Waals surface area contributed by atoms with Gasteiger partial charge in [-0.2, -0.15) is 0 Å². The lowest BCUT2D eigenvalue weighted by Gasteiger charge is -2.17. The average molecular weight is 379 g/mol. The Morgan fingerprint density at radius 1 is 1.19 bits per heavy atom. The molecular weight excluding hydrogens is 360 g/mol. The largest absolute Gasteiger partial charge is 0.455 e. The number of hydrogen-bond donors (Lipinski definition) is 0. The summed E-state index contributed by atoms with van der Waals surface area (Å²) < 4.78 is 5.03. The predicted octanol–water partition coefficient (Wildman–Crippen LogP) is 1.38. The van der Waals surface area contributed by atoms with Crippen LogP contribution in [0, 0.1) is 5.92 Å². The minimum Gasteiger partial charge on any atom is -0.455 e. The number of rotatable bonds is 5. The molecule has 0 radical (unpaired) electrons. The summed E-state index contributed by atoms with van der Waals surface area (Å²) in [5.41, 5.74) is 0.805. The zero-order chi connectivity index (χ0) is 18.7. The van der Waals surface area contributed by atoms with E-state index in [0.29, 0.717) is 31.0 Å². The molecule has 3 rings (SSSR count). The van der Waals surface area contributed by atoms with Crippen molar-refractivity contribution in [2.24, 2.45) is 5.92 Å². The van der Waals surface area contributed by atoms with Crippen molar-refractivity contribution in [3.63, 3.8) is 0 Å². The lowest BCUT2D eigenvalue weighted by molar-refractivity contribution is -0.157. The third-order valence-electron chi connectivity index (χ3n) is 4.58. The molecule has 0 saturated carbocycles. The molecule has 1 aromatic carbocycles. The van der Waals surface area contributed by atoms with Gasteiger partial charge in [-0.3, -0.25) is 24.1 Å². The topological polar surface area (TPSA) is 84.0 Å². The van der Waals surface area contributed by atoms with E-state index in [2.05, 4.69) is 0 Å². The highest BCUT2D eigenvalue weighted by molar-refractivity contribution is 6.31. The number of carbonyl (C=O) groups is 4. The molecule has 2 aliphatic heterocycles. The van der Waals surface area contributed by atoms with E-state index in [4.69, 9.17) is 16.3 Å². The maximum atomic E-state index is 12.2. The van der Waals surface area contributed by atoms with Gasteiger partial charge >= 0.3 is 5.97 Å². The summed E-state index contributed by atoms with van der Waals surface area (Å²) in [6.07, 6.45) is 1.01. The van der Waals surface area contributed by atoms with Gasteiger partial charge in [-0.25, -0.2) is 0 Å². The molecule has 2 aliphatic rings. The summed E-state index contributed by atoms with van der Waals surface area (Å²) in [7, 11) is 0. The summed E-state index contributed by atoms with van der Waals surface area (Å²) in [5.74, 6) is -2.13. The third kappa shape index (κ3) is 4.04. The SMILES string of the molecule is O=C(OCC(=O)N1CCCC1=O)[C@@H]1CC(=O)N(Cc2ccccc2Cl)C1. The fourth-order valence-electron chi connectivity index (χ4n) is 3.16. The van der Waals surface area contributed by atoms with Gasteiger partial charge < -0.3 is 9.64 Å². The molecule has 0 spiro atoms. The van der Waals surface area contributed by atoms with Crippen molar-refractivity contribution in [3.05, 3.63) is 34.9 Å². The molecule has 138 valence electrons. The summed E-state index contributed by atoms with van der Waals surface area (Å²) in [6, 6.07) is 7.21. The maximum Gasteiger partial charge on any atom is 0.311 e. The van der Waals surface area contributed by atoms with Crippen LogP contribution in [0.2, 0.25) is 5.02 Å². The van der Waals surface area contributed by atoms with Crippen LogP contribution in [-0.4, -0.2) is 53.2 Å². The van der Waals surface area contributed by atoms with E-state index in [1.807, 2.05) is 12.1 Å². The van der Waals surface area contributed by atoms with Crippen molar-refractivity contribution in [1.82, 2.24) is 9.80 Å². The first-order valence-electron chi connectivity index (χ1n) is 8.46. The Balaban J connectivity index is 1.51. The normalized spacial score (nSPS) is 20.0. The van der Waals surface area contributed by atoms with Crippen molar-refractivity contribution in [1.29, 1.82) is 0 Å². The molecule has 0 unspecified atom stereocenters. The third-order valence-corrected chi connectivity index (χ3v) is 4.95. The van der Waals surface area contributed by atoms with Crippen LogP contribution in [0.1, 0.15) is 24.8 Å². The fraction of sp³-hybridized carbons (Fsp3) is 0.444. The second-order valence-corrected chi connectivity index (χ2v) is 6.82. The number of amides is 3. The van der Waals surface area contributed by atoms with Gasteiger partial charge in [-0.1, -0.05) is 29.8 Å². The van der Waals surface area contributed by atoms with Crippen molar-refractivity contribution >= 4 is 35.3 Å². The zero-order valence-electron chi connectivity index (χ0n) is 14.2. The van der Waals surface area contributed by atoms with E-state index in [1.165, 1.54) is 0 Å². The molecule has 0 aliphatic carbocycles. The number of carbonyl (C=O) groups excluding carboxylic acids is 4. The molecule has 3 amide bonds. The number of esters is 1. The second kappa shape index (κ2) is 7.86. The van der Waals surface area contributed by atoms with Crippen LogP contribution in [0.4, 0.5) is 0 Å². The first-order chi connectivity index (χ1) is 12.5. The number of ether oxygens (including phenoxy) is 1. The van der Waals surface area contributed by atoms with E-state index in [0.717, 1.165) is 10.5 Å². The Labute approximate surface area is 155 Å². The molecule has 2 saturated heterocycles. The fourth-order valence-corrected chi connectivity index (χ4v) is 3.35. The highest BCUT2D eigenvalue weighted by Gasteiger charge is 2.36. The van der Waals surface area contributed by atoms with Gasteiger partial charge in [-0.05, 0) is 18.1 Å². The first kappa shape index (κ1) is 18.4. The van der Waals surface area contributed by atoms with Gasteiger partial charge in [0.05, 0.1) is 5.92 Å². The number of likely N-dealkylation sites (tertiary alicyclic amines) is 2. The zero-order valence-corrected chi connectivity index (χ0v) is 14.9. The molecule has 0 bridgehead atoms. The number of imide groups is 1. The first-order valence-corrected chi connectivity index (χ1v) is 8.84. The highest BCUT2D eigenvalue weighted by atomic mass is 35.5. The van der Waals surface area contributed by atoms with Gasteiger partial charge in [0.2, 0.25) is 11.8 Å². The predicted molar refractivity (Wildman–Crippen MR) is 91.9 cm³/mol. The van der Waals surface area contributed by atoms with Gasteiger partial charge in [0, 0.05) is 37.5 Å². The lowest BCUT2D eigenvalue weighted by Crippen LogP contribution is -2.36. The number of benzene rings is 1. The standard InChI is InChI=1S/C18H19ClN2O5/c19-14-5-2-1-4-12(14)9-20-10-13(8-16(20)23)18(25)26-11-17(24)21-7-3-6-15(21)22/h1-2,4-5,13H,3,6-11H2/t13-/m1/s1. The molecule has 0 N–H and O–H groups in total. The number of nitrogens with zero attached hydrogens (tertiary/aromatic N) is 2.